The van der Waals surface area contributed by atoms with Crippen LogP contribution in [0.2, 0.25) is 13.1 Å². The molecule has 0 spiro atoms. The predicted molar refractivity (Wildman–Crippen MR) is 127 cm³/mol. The summed E-state index contributed by atoms with van der Waals surface area (Å²) in [4.78, 5) is 41.1. The molecular weight excluding hydrogens is 440 g/mol. The zero-order valence-corrected chi connectivity index (χ0v) is 21.8. The lowest BCUT2D eigenvalue weighted by Crippen LogP contribution is -2.63. The Morgan fingerprint density at radius 3 is 2.55 bits per heavy atom. The van der Waals surface area contributed by atoms with E-state index in [0.717, 1.165) is 5.57 Å². The molecule has 2 amide bonds. The predicted octanol–water partition coefficient (Wildman–Crippen LogP) is 3.25. The van der Waals surface area contributed by atoms with E-state index in [2.05, 4.69) is 40.4 Å². The maximum absolute atomic E-state index is 13.3. The number of hydrogen-bond acceptors (Lipinski definition) is 5. The Labute approximate surface area is 198 Å². The lowest BCUT2D eigenvalue weighted by molar-refractivity contribution is -0.162. The SMILES string of the molecule is C=CCOC(=O)N1CC(C2=C(C(=O)O)N3C(=O)[C@@H]([C@@H](CO[SiH](C)C)C(C)(C)C)[C@H]3C2)C[C@H]1C. The second kappa shape index (κ2) is 9.62. The van der Waals surface area contributed by atoms with E-state index in [0.29, 0.717) is 26.0 Å². The first-order chi connectivity index (χ1) is 15.4. The van der Waals surface area contributed by atoms with Gasteiger partial charge in [0, 0.05) is 25.1 Å². The van der Waals surface area contributed by atoms with Crippen molar-refractivity contribution in [2.45, 2.75) is 65.7 Å². The molecule has 3 aliphatic rings. The van der Waals surface area contributed by atoms with Crippen LogP contribution in [0.15, 0.2) is 23.9 Å². The Morgan fingerprint density at radius 2 is 2.00 bits per heavy atom. The number of aliphatic carboxylic acids is 1. The van der Waals surface area contributed by atoms with Crippen molar-refractivity contribution in [3.05, 3.63) is 23.9 Å². The van der Waals surface area contributed by atoms with Crippen LogP contribution in [-0.4, -0.2) is 73.8 Å². The first-order valence-corrected chi connectivity index (χ1v) is 14.6. The Hall–Kier alpha value is -2.13. The standard InChI is InChI=1S/C24H38N2O6Si/c1-8-9-31-23(30)25-12-15(10-14(25)2)16-11-18-19(21(27)26(18)20(16)22(28)29)17(24(3,4)5)13-32-33(6)7/h8,14-15,17-19,33H,1,9-13H2,2-7H3,(H,28,29)/t14-,15?,17-,18-,19+/m1/s1. The van der Waals surface area contributed by atoms with Gasteiger partial charge in [0.2, 0.25) is 5.91 Å². The van der Waals surface area contributed by atoms with Crippen LogP contribution in [0.3, 0.4) is 0 Å². The summed E-state index contributed by atoms with van der Waals surface area (Å²) < 4.78 is 11.2. The Kier molecular flexibility index (Phi) is 7.43. The highest BCUT2D eigenvalue weighted by atomic mass is 28.3. The maximum Gasteiger partial charge on any atom is 0.410 e. The van der Waals surface area contributed by atoms with E-state index in [1.54, 1.807) is 4.90 Å². The number of nitrogens with zero attached hydrogens (tertiary/aromatic N) is 2. The minimum Gasteiger partial charge on any atom is -0.477 e. The van der Waals surface area contributed by atoms with Crippen LogP contribution in [0.25, 0.3) is 0 Å². The fourth-order valence-corrected chi connectivity index (χ4v) is 6.11. The average molecular weight is 479 g/mol. The van der Waals surface area contributed by atoms with Crippen LogP contribution >= 0.6 is 0 Å². The van der Waals surface area contributed by atoms with Crippen molar-refractivity contribution in [3.63, 3.8) is 0 Å². The van der Waals surface area contributed by atoms with Crippen molar-refractivity contribution in [2.75, 3.05) is 19.8 Å². The molecule has 0 aromatic rings. The summed E-state index contributed by atoms with van der Waals surface area (Å²) in [6.07, 6.45) is 2.29. The topological polar surface area (TPSA) is 96.4 Å². The third-order valence-corrected chi connectivity index (χ3v) is 8.09. The monoisotopic (exact) mass is 478 g/mol. The number of carbonyl (C=O) groups is 3. The van der Waals surface area contributed by atoms with Gasteiger partial charge in [-0.15, -0.1) is 0 Å². The first kappa shape index (κ1) is 25.5. The number of carboxylic acids is 1. The van der Waals surface area contributed by atoms with Crippen molar-refractivity contribution in [2.24, 2.45) is 23.2 Å². The number of likely N-dealkylation sites (tertiary alicyclic amines) is 1. The number of amides is 2. The first-order valence-electron chi connectivity index (χ1n) is 11.8. The molecule has 3 aliphatic heterocycles. The lowest BCUT2D eigenvalue weighted by Gasteiger charge is -2.50. The fraction of sp³-hybridized carbons (Fsp3) is 0.708. The minimum absolute atomic E-state index is 0.0171. The van der Waals surface area contributed by atoms with Crippen LogP contribution in [0, 0.1) is 23.2 Å². The lowest BCUT2D eigenvalue weighted by atomic mass is 9.66. The van der Waals surface area contributed by atoms with Gasteiger partial charge in [-0.05, 0) is 49.8 Å². The summed E-state index contributed by atoms with van der Waals surface area (Å²) in [5.74, 6) is -1.53. The van der Waals surface area contributed by atoms with Crippen molar-refractivity contribution >= 4 is 27.0 Å². The van der Waals surface area contributed by atoms with Gasteiger partial charge in [0.1, 0.15) is 12.3 Å². The number of β-lactam (4-membered cyclic amide) rings is 1. The van der Waals surface area contributed by atoms with Gasteiger partial charge in [-0.25, -0.2) is 9.59 Å². The zero-order chi connectivity index (χ0) is 24.7. The smallest absolute Gasteiger partial charge is 0.410 e. The number of carboxylic acid groups (broad SMARTS) is 1. The van der Waals surface area contributed by atoms with E-state index >= 15 is 0 Å². The van der Waals surface area contributed by atoms with Gasteiger partial charge in [0.25, 0.3) is 0 Å². The van der Waals surface area contributed by atoms with Crippen LogP contribution < -0.4 is 0 Å². The molecule has 8 nitrogen and oxygen atoms in total. The molecule has 184 valence electrons. The Balaban J connectivity index is 1.82. The van der Waals surface area contributed by atoms with Crippen LogP contribution in [0.5, 0.6) is 0 Å². The average Bonchev–Trinajstić information content (AvgIpc) is 3.26. The van der Waals surface area contributed by atoms with Crippen molar-refractivity contribution < 1.29 is 28.7 Å². The summed E-state index contributed by atoms with van der Waals surface area (Å²) in [5, 5.41) is 10.0. The molecule has 0 saturated carbocycles. The number of carbonyl (C=O) groups excluding carboxylic acids is 2. The van der Waals surface area contributed by atoms with E-state index in [9.17, 15) is 19.5 Å². The van der Waals surface area contributed by atoms with Crippen LogP contribution in [0.1, 0.15) is 40.5 Å². The highest BCUT2D eigenvalue weighted by Gasteiger charge is 2.60. The van der Waals surface area contributed by atoms with E-state index in [1.807, 2.05) is 6.92 Å². The molecule has 0 bridgehead atoms. The minimum atomic E-state index is -1.25. The van der Waals surface area contributed by atoms with Crippen molar-refractivity contribution in [3.8, 4) is 0 Å². The molecule has 9 heteroatoms. The van der Waals surface area contributed by atoms with Gasteiger partial charge in [0.05, 0.1) is 12.0 Å². The van der Waals surface area contributed by atoms with Crippen LogP contribution in [0.4, 0.5) is 4.79 Å². The number of hydrogen-bond donors (Lipinski definition) is 1. The Bertz CT molecular complexity index is 848. The molecule has 2 saturated heterocycles. The van der Waals surface area contributed by atoms with Crippen molar-refractivity contribution in [1.82, 2.24) is 9.80 Å². The molecule has 1 unspecified atom stereocenters. The molecule has 0 radical (unpaired) electrons. The summed E-state index contributed by atoms with van der Waals surface area (Å²) in [6.45, 7) is 17.1. The van der Waals surface area contributed by atoms with E-state index in [-0.39, 0.29) is 53.5 Å². The van der Waals surface area contributed by atoms with E-state index in [4.69, 9.17) is 9.16 Å². The summed E-state index contributed by atoms with van der Waals surface area (Å²) >= 11 is 0. The molecule has 3 rings (SSSR count). The number of fused-ring (bicyclic) bond motifs is 1. The zero-order valence-electron chi connectivity index (χ0n) is 20.7. The third-order valence-electron chi connectivity index (χ3n) is 7.23. The number of rotatable bonds is 8. The van der Waals surface area contributed by atoms with Crippen molar-refractivity contribution in [1.29, 1.82) is 0 Å². The highest BCUT2D eigenvalue weighted by Crippen LogP contribution is 2.52. The fourth-order valence-electron chi connectivity index (χ4n) is 5.52. The highest BCUT2D eigenvalue weighted by molar-refractivity contribution is 6.48. The van der Waals surface area contributed by atoms with Gasteiger partial charge >= 0.3 is 12.1 Å². The molecule has 0 aromatic heterocycles. The summed E-state index contributed by atoms with van der Waals surface area (Å²) in [7, 11) is -1.25. The van der Waals surface area contributed by atoms with Gasteiger partial charge in [-0.1, -0.05) is 33.4 Å². The summed E-state index contributed by atoms with van der Waals surface area (Å²) in [5.41, 5.74) is 0.753. The third kappa shape index (κ3) is 4.89. The van der Waals surface area contributed by atoms with Gasteiger partial charge in [-0.2, -0.15) is 0 Å². The van der Waals surface area contributed by atoms with Gasteiger partial charge in [-0.3, -0.25) is 4.79 Å². The quantitative estimate of drug-likeness (QED) is 0.327. The van der Waals surface area contributed by atoms with E-state index in [1.165, 1.54) is 11.0 Å². The largest absolute Gasteiger partial charge is 0.477 e. The maximum atomic E-state index is 13.3. The molecule has 1 N–H and O–H groups in total. The molecule has 33 heavy (non-hydrogen) atoms. The normalized spacial score (nSPS) is 28.2. The second-order valence-electron chi connectivity index (χ2n) is 10.8. The molecule has 2 fully saturated rings. The van der Waals surface area contributed by atoms with Gasteiger partial charge in [0.15, 0.2) is 9.04 Å². The molecule has 3 heterocycles. The second-order valence-corrected chi connectivity index (χ2v) is 13.3. The Morgan fingerprint density at radius 1 is 1.33 bits per heavy atom. The molecular formula is C24H38N2O6Si. The van der Waals surface area contributed by atoms with Crippen LogP contribution in [-0.2, 0) is 18.8 Å². The number of ether oxygens (including phenoxy) is 1. The van der Waals surface area contributed by atoms with E-state index < -0.39 is 21.1 Å². The molecule has 0 aliphatic carbocycles. The molecule has 5 atom stereocenters. The molecule has 0 aromatic carbocycles. The summed E-state index contributed by atoms with van der Waals surface area (Å²) in [6, 6.07) is -0.223. The van der Waals surface area contributed by atoms with Gasteiger partial charge < -0.3 is 24.1 Å².